The molecule has 0 unspecified atom stereocenters. The van der Waals surface area contributed by atoms with Gasteiger partial charge in [0.05, 0.1) is 29.4 Å². The molecule has 31 heavy (non-hydrogen) atoms. The highest BCUT2D eigenvalue weighted by Crippen LogP contribution is 2.30. The third-order valence-corrected chi connectivity index (χ3v) is 5.72. The molecular formula is C23H20Cl4N2O2. The minimum atomic E-state index is 0.338. The number of benzene rings is 3. The number of halogens is 4. The van der Waals surface area contributed by atoms with Crippen LogP contribution in [0.2, 0.25) is 20.1 Å². The number of rotatable bonds is 9. The summed E-state index contributed by atoms with van der Waals surface area (Å²) in [5.41, 5.74) is 5.51. The molecule has 162 valence electrons. The Morgan fingerprint density at radius 3 is 2.32 bits per heavy atom. The van der Waals surface area contributed by atoms with Crippen LogP contribution in [0, 0.1) is 0 Å². The molecule has 0 heterocycles. The van der Waals surface area contributed by atoms with Gasteiger partial charge < -0.3 is 14.9 Å². The molecule has 0 saturated carbocycles. The van der Waals surface area contributed by atoms with Gasteiger partial charge in [-0.15, -0.1) is 0 Å². The second kappa shape index (κ2) is 11.5. The Morgan fingerprint density at radius 2 is 1.61 bits per heavy atom. The van der Waals surface area contributed by atoms with Crippen molar-refractivity contribution in [2.45, 2.75) is 20.1 Å². The third-order valence-electron chi connectivity index (χ3n) is 4.27. The van der Waals surface area contributed by atoms with E-state index in [1.807, 2.05) is 31.2 Å². The lowest BCUT2D eigenvalue weighted by Gasteiger charge is -2.13. The van der Waals surface area contributed by atoms with Crippen molar-refractivity contribution in [2.24, 2.45) is 5.10 Å². The van der Waals surface area contributed by atoms with Gasteiger partial charge in [-0.1, -0.05) is 58.5 Å². The van der Waals surface area contributed by atoms with Gasteiger partial charge >= 0.3 is 0 Å². The van der Waals surface area contributed by atoms with Gasteiger partial charge in [0.25, 0.3) is 0 Å². The average molecular weight is 498 g/mol. The molecule has 0 bridgehead atoms. The van der Waals surface area contributed by atoms with Crippen molar-refractivity contribution in [1.82, 2.24) is 5.43 Å². The molecule has 0 saturated heterocycles. The fourth-order valence-corrected chi connectivity index (χ4v) is 3.58. The van der Waals surface area contributed by atoms with Crippen molar-refractivity contribution in [3.8, 4) is 11.5 Å². The predicted molar refractivity (Wildman–Crippen MR) is 129 cm³/mol. The van der Waals surface area contributed by atoms with Crippen LogP contribution < -0.4 is 14.9 Å². The molecule has 0 amide bonds. The van der Waals surface area contributed by atoms with Crippen LogP contribution in [0.5, 0.6) is 11.5 Å². The van der Waals surface area contributed by atoms with E-state index in [4.69, 9.17) is 55.9 Å². The van der Waals surface area contributed by atoms with Crippen molar-refractivity contribution >= 4 is 52.6 Å². The summed E-state index contributed by atoms with van der Waals surface area (Å²) in [6.07, 6.45) is 1.69. The summed E-state index contributed by atoms with van der Waals surface area (Å²) in [4.78, 5) is 0. The lowest BCUT2D eigenvalue weighted by molar-refractivity contribution is 0.269. The Balaban J connectivity index is 1.65. The first-order chi connectivity index (χ1) is 15.0. The fraction of sp³-hybridized carbons (Fsp3) is 0.174. The molecule has 1 N–H and O–H groups in total. The van der Waals surface area contributed by atoms with Gasteiger partial charge in [-0.2, -0.15) is 5.10 Å². The second-order valence-corrected chi connectivity index (χ2v) is 8.10. The Labute approximate surface area is 201 Å². The molecule has 0 fully saturated rings. The maximum absolute atomic E-state index is 6.17. The lowest BCUT2D eigenvalue weighted by atomic mass is 10.2. The molecule has 8 heteroatoms. The molecule has 0 aliphatic carbocycles. The van der Waals surface area contributed by atoms with E-state index < -0.39 is 0 Å². The van der Waals surface area contributed by atoms with Crippen molar-refractivity contribution in [3.63, 3.8) is 0 Å². The van der Waals surface area contributed by atoms with E-state index >= 15 is 0 Å². The van der Waals surface area contributed by atoms with Gasteiger partial charge in [0.15, 0.2) is 11.5 Å². The van der Waals surface area contributed by atoms with Crippen LogP contribution in [0.15, 0.2) is 59.7 Å². The van der Waals surface area contributed by atoms with Crippen molar-refractivity contribution < 1.29 is 9.47 Å². The minimum Gasteiger partial charge on any atom is -0.490 e. The Bertz CT molecular complexity index is 1050. The van der Waals surface area contributed by atoms with Crippen LogP contribution in [0.1, 0.15) is 23.6 Å². The molecule has 3 aromatic carbocycles. The topological polar surface area (TPSA) is 42.8 Å². The number of hydrogen-bond donors (Lipinski definition) is 1. The summed E-state index contributed by atoms with van der Waals surface area (Å²) in [5, 5.41) is 6.43. The molecule has 0 atom stereocenters. The van der Waals surface area contributed by atoms with Gasteiger partial charge in [0, 0.05) is 15.6 Å². The first-order valence-electron chi connectivity index (χ1n) is 9.50. The summed E-state index contributed by atoms with van der Waals surface area (Å²) in [5.74, 6) is 1.25. The smallest absolute Gasteiger partial charge is 0.161 e. The van der Waals surface area contributed by atoms with E-state index in [-0.39, 0.29) is 0 Å². The van der Waals surface area contributed by atoms with Crippen molar-refractivity contribution in [1.29, 1.82) is 0 Å². The third kappa shape index (κ3) is 6.68. The molecule has 3 aromatic rings. The monoisotopic (exact) mass is 496 g/mol. The van der Waals surface area contributed by atoms with E-state index in [1.54, 1.807) is 36.5 Å². The normalized spacial score (nSPS) is 11.0. The summed E-state index contributed by atoms with van der Waals surface area (Å²) >= 11 is 24.4. The number of nitrogens with one attached hydrogen (secondary N) is 1. The van der Waals surface area contributed by atoms with Crippen LogP contribution in [-0.2, 0) is 13.2 Å². The number of nitrogens with zero attached hydrogens (tertiary/aromatic N) is 1. The molecular weight excluding hydrogens is 478 g/mol. The quantitative estimate of drug-likeness (QED) is 0.247. The van der Waals surface area contributed by atoms with Crippen molar-refractivity contribution in [2.75, 3.05) is 6.61 Å². The van der Waals surface area contributed by atoms with Crippen LogP contribution >= 0.6 is 46.4 Å². The molecule has 0 aromatic heterocycles. The predicted octanol–water partition coefficient (Wildman–Crippen LogP) is 7.40. The van der Waals surface area contributed by atoms with Crippen LogP contribution in [0.3, 0.4) is 0 Å². The van der Waals surface area contributed by atoms with Gasteiger partial charge in [-0.05, 0) is 60.5 Å². The number of ether oxygens (including phenoxy) is 2. The van der Waals surface area contributed by atoms with Gasteiger partial charge in [0.2, 0.25) is 0 Å². The Hall–Kier alpha value is -2.11. The molecule has 0 radical (unpaired) electrons. The van der Waals surface area contributed by atoms with Crippen molar-refractivity contribution in [3.05, 3.63) is 91.4 Å². The van der Waals surface area contributed by atoms with Crippen LogP contribution in [-0.4, -0.2) is 12.8 Å². The average Bonchev–Trinajstić information content (AvgIpc) is 2.75. The maximum atomic E-state index is 6.17. The Kier molecular flexibility index (Phi) is 8.73. The molecule has 0 aliphatic rings. The molecule has 3 rings (SSSR count). The Morgan fingerprint density at radius 1 is 0.839 bits per heavy atom. The highest BCUT2D eigenvalue weighted by atomic mass is 35.5. The maximum Gasteiger partial charge on any atom is 0.161 e. The van der Waals surface area contributed by atoms with E-state index in [2.05, 4.69) is 10.5 Å². The SMILES string of the molecule is CCOc1cc(/C=N\NCc2c(Cl)cccc2Cl)ccc1OCc1ccc(Cl)c(Cl)c1. The highest BCUT2D eigenvalue weighted by molar-refractivity contribution is 6.42. The van der Waals surface area contributed by atoms with Gasteiger partial charge in [-0.25, -0.2) is 0 Å². The summed E-state index contributed by atoms with van der Waals surface area (Å²) < 4.78 is 11.6. The standard InChI is InChI=1S/C23H20Cl4N2O2/c1-2-30-23-11-15(12-28-29-13-17-18(24)4-3-5-19(17)25)7-9-22(23)31-14-16-6-8-20(26)21(27)10-16/h3-12,29H,2,13-14H2,1H3/b28-12-. The first-order valence-corrected chi connectivity index (χ1v) is 11.0. The van der Waals surface area contributed by atoms with E-state index in [1.165, 1.54) is 0 Å². The zero-order chi connectivity index (χ0) is 22.2. The number of hydrazone groups is 1. The summed E-state index contributed by atoms with van der Waals surface area (Å²) in [6, 6.07) is 16.4. The van der Waals surface area contributed by atoms with Gasteiger partial charge in [-0.3, -0.25) is 0 Å². The zero-order valence-corrected chi connectivity index (χ0v) is 19.7. The minimum absolute atomic E-state index is 0.338. The van der Waals surface area contributed by atoms with Gasteiger partial charge in [0.1, 0.15) is 6.61 Å². The zero-order valence-electron chi connectivity index (χ0n) is 16.7. The van der Waals surface area contributed by atoms with Crippen LogP contribution in [0.4, 0.5) is 0 Å². The van der Waals surface area contributed by atoms with E-state index in [0.29, 0.717) is 51.3 Å². The van der Waals surface area contributed by atoms with E-state index in [9.17, 15) is 0 Å². The molecule has 0 aliphatic heterocycles. The van der Waals surface area contributed by atoms with Crippen LogP contribution in [0.25, 0.3) is 0 Å². The largest absolute Gasteiger partial charge is 0.490 e. The summed E-state index contributed by atoms with van der Waals surface area (Å²) in [6.45, 7) is 3.17. The van der Waals surface area contributed by atoms with E-state index in [0.717, 1.165) is 16.7 Å². The fourth-order valence-electron chi connectivity index (χ4n) is 2.73. The number of hydrogen-bond acceptors (Lipinski definition) is 4. The first kappa shape index (κ1) is 23.6. The molecule has 0 spiro atoms. The summed E-state index contributed by atoms with van der Waals surface area (Å²) in [7, 11) is 0. The lowest BCUT2D eigenvalue weighted by Crippen LogP contribution is -2.07. The second-order valence-electron chi connectivity index (χ2n) is 6.47. The highest BCUT2D eigenvalue weighted by Gasteiger charge is 2.08. The molecule has 4 nitrogen and oxygen atoms in total.